The van der Waals surface area contributed by atoms with Crippen LogP contribution < -0.4 is 14.8 Å². The van der Waals surface area contributed by atoms with E-state index < -0.39 is 12.1 Å². The number of amides is 1. The number of fused-ring (bicyclic) bond motifs is 3. The molecular formula is C24H21NO6. The minimum absolute atomic E-state index is 0.00743. The number of hydrogen-bond donors (Lipinski definition) is 2. The van der Waals surface area contributed by atoms with Gasteiger partial charge in [0.05, 0.1) is 19.8 Å². The van der Waals surface area contributed by atoms with Crippen molar-refractivity contribution in [2.24, 2.45) is 0 Å². The Morgan fingerprint density at radius 1 is 0.935 bits per heavy atom. The van der Waals surface area contributed by atoms with Crippen LogP contribution in [0.25, 0.3) is 11.1 Å². The smallest absolute Gasteiger partial charge is 0.411 e. The summed E-state index contributed by atoms with van der Waals surface area (Å²) < 4.78 is 15.8. The first-order chi connectivity index (χ1) is 15.0. The molecule has 0 saturated carbocycles. The van der Waals surface area contributed by atoms with Crippen LogP contribution in [0.15, 0.2) is 60.7 Å². The summed E-state index contributed by atoms with van der Waals surface area (Å²) in [4.78, 5) is 24.3. The van der Waals surface area contributed by atoms with Crippen LogP contribution in [0.2, 0.25) is 0 Å². The minimum atomic E-state index is -1.23. The molecule has 0 aromatic heterocycles. The largest absolute Gasteiger partial charge is 0.497 e. The summed E-state index contributed by atoms with van der Waals surface area (Å²) in [6.07, 6.45) is -0.771. The third kappa shape index (κ3) is 3.77. The van der Waals surface area contributed by atoms with Crippen molar-refractivity contribution in [2.75, 3.05) is 26.1 Å². The van der Waals surface area contributed by atoms with Crippen molar-refractivity contribution in [2.45, 2.75) is 5.92 Å². The molecule has 7 heteroatoms. The van der Waals surface area contributed by atoms with Gasteiger partial charge in [-0.3, -0.25) is 5.32 Å². The Hall–Kier alpha value is -4.00. The fourth-order valence-corrected chi connectivity index (χ4v) is 3.90. The number of benzene rings is 3. The molecule has 4 rings (SSSR count). The Labute approximate surface area is 179 Å². The fraction of sp³-hybridized carbons (Fsp3) is 0.167. The van der Waals surface area contributed by atoms with E-state index >= 15 is 0 Å². The molecule has 158 valence electrons. The lowest BCUT2D eigenvalue weighted by molar-refractivity contribution is 0.0697. The van der Waals surface area contributed by atoms with Gasteiger partial charge in [-0.15, -0.1) is 0 Å². The van der Waals surface area contributed by atoms with E-state index in [4.69, 9.17) is 14.2 Å². The van der Waals surface area contributed by atoms with Crippen LogP contribution in [0.1, 0.15) is 27.4 Å². The molecule has 0 bridgehead atoms. The van der Waals surface area contributed by atoms with E-state index in [0.29, 0.717) is 5.75 Å². The van der Waals surface area contributed by atoms with Crippen LogP contribution in [-0.4, -0.2) is 38.0 Å². The highest BCUT2D eigenvalue weighted by molar-refractivity contribution is 6.01. The summed E-state index contributed by atoms with van der Waals surface area (Å²) in [7, 11) is 2.79. The average molecular weight is 419 g/mol. The van der Waals surface area contributed by atoms with Gasteiger partial charge in [0.15, 0.2) is 0 Å². The van der Waals surface area contributed by atoms with E-state index in [1.165, 1.54) is 26.4 Å². The molecule has 0 unspecified atom stereocenters. The van der Waals surface area contributed by atoms with Crippen molar-refractivity contribution in [1.82, 2.24) is 0 Å². The zero-order chi connectivity index (χ0) is 22.0. The van der Waals surface area contributed by atoms with Gasteiger partial charge < -0.3 is 19.3 Å². The molecule has 2 N–H and O–H groups in total. The molecule has 3 aromatic rings. The molecule has 1 amide bonds. The molecule has 0 radical (unpaired) electrons. The van der Waals surface area contributed by atoms with Gasteiger partial charge in [-0.2, -0.15) is 0 Å². The monoisotopic (exact) mass is 419 g/mol. The predicted molar refractivity (Wildman–Crippen MR) is 115 cm³/mol. The number of carboxylic acids is 1. The number of hydrogen-bond acceptors (Lipinski definition) is 5. The number of nitrogens with one attached hydrogen (secondary N) is 1. The van der Waals surface area contributed by atoms with Crippen molar-refractivity contribution in [3.8, 4) is 22.6 Å². The van der Waals surface area contributed by atoms with E-state index in [1.807, 2.05) is 36.4 Å². The Bertz CT molecular complexity index is 1110. The van der Waals surface area contributed by atoms with Crippen LogP contribution in [0.4, 0.5) is 10.5 Å². The van der Waals surface area contributed by atoms with Crippen molar-refractivity contribution >= 4 is 17.7 Å². The highest BCUT2D eigenvalue weighted by atomic mass is 16.5. The maximum absolute atomic E-state index is 12.6. The average Bonchev–Trinajstić information content (AvgIpc) is 3.11. The molecule has 3 aromatic carbocycles. The predicted octanol–water partition coefficient (Wildman–Crippen LogP) is 4.76. The normalized spacial score (nSPS) is 11.9. The molecular weight excluding hydrogens is 398 g/mol. The van der Waals surface area contributed by atoms with E-state index in [-0.39, 0.29) is 29.5 Å². The van der Waals surface area contributed by atoms with E-state index in [9.17, 15) is 14.7 Å². The van der Waals surface area contributed by atoms with Crippen LogP contribution in [0.3, 0.4) is 0 Å². The SMILES string of the molecule is COc1cc(OC)c(NC(=O)OCC2c3ccccc3-c3ccccc32)c(C(=O)O)c1. The van der Waals surface area contributed by atoms with Crippen molar-refractivity contribution in [3.05, 3.63) is 77.4 Å². The quantitative estimate of drug-likeness (QED) is 0.598. The highest BCUT2D eigenvalue weighted by Crippen LogP contribution is 2.44. The summed E-state index contributed by atoms with van der Waals surface area (Å²) in [6.45, 7) is 0.112. The number of carboxylic acid groups (broad SMARTS) is 1. The standard InChI is InChI=1S/C24H21NO6/c1-29-14-11-19(23(26)27)22(21(12-14)30-2)25-24(28)31-13-20-17-9-5-3-7-15(17)16-8-4-6-10-18(16)20/h3-12,20H,13H2,1-2H3,(H,25,28)(H,26,27). The number of anilines is 1. The second-order valence-corrected chi connectivity index (χ2v) is 7.01. The lowest BCUT2D eigenvalue weighted by Gasteiger charge is -2.17. The Kier molecular flexibility index (Phi) is 5.49. The van der Waals surface area contributed by atoms with Crippen LogP contribution >= 0.6 is 0 Å². The number of carbonyl (C=O) groups is 2. The summed E-state index contributed by atoms with van der Waals surface area (Å²) in [6, 6.07) is 18.8. The topological polar surface area (TPSA) is 94.1 Å². The lowest BCUT2D eigenvalue weighted by atomic mass is 9.98. The van der Waals surface area contributed by atoms with Crippen LogP contribution in [0.5, 0.6) is 11.5 Å². The van der Waals surface area contributed by atoms with E-state index in [2.05, 4.69) is 17.4 Å². The van der Waals surface area contributed by atoms with Gasteiger partial charge in [0.2, 0.25) is 0 Å². The summed E-state index contributed by atoms with van der Waals surface area (Å²) in [5.74, 6) is -0.876. The zero-order valence-corrected chi connectivity index (χ0v) is 17.0. The van der Waals surface area contributed by atoms with Crippen molar-refractivity contribution in [3.63, 3.8) is 0 Å². The van der Waals surface area contributed by atoms with Gasteiger partial charge in [-0.1, -0.05) is 48.5 Å². The number of ether oxygens (including phenoxy) is 3. The molecule has 0 aliphatic heterocycles. The second-order valence-electron chi connectivity index (χ2n) is 7.01. The molecule has 0 spiro atoms. The lowest BCUT2D eigenvalue weighted by Crippen LogP contribution is -2.20. The van der Waals surface area contributed by atoms with Crippen molar-refractivity contribution < 1.29 is 28.9 Å². The van der Waals surface area contributed by atoms with E-state index in [0.717, 1.165) is 22.3 Å². The fourth-order valence-electron chi connectivity index (χ4n) is 3.90. The zero-order valence-electron chi connectivity index (χ0n) is 17.0. The third-order valence-electron chi connectivity index (χ3n) is 5.33. The first-order valence-corrected chi connectivity index (χ1v) is 9.64. The third-order valence-corrected chi connectivity index (χ3v) is 5.33. The Morgan fingerprint density at radius 2 is 1.55 bits per heavy atom. The highest BCUT2D eigenvalue weighted by Gasteiger charge is 2.29. The molecule has 1 aliphatic rings. The number of carbonyl (C=O) groups excluding carboxylic acids is 1. The number of methoxy groups -OCH3 is 2. The number of rotatable bonds is 6. The van der Waals surface area contributed by atoms with Gasteiger partial charge >= 0.3 is 12.1 Å². The first kappa shape index (κ1) is 20.3. The van der Waals surface area contributed by atoms with Crippen LogP contribution in [-0.2, 0) is 4.74 Å². The van der Waals surface area contributed by atoms with Gasteiger partial charge in [-0.05, 0) is 28.3 Å². The molecule has 0 atom stereocenters. The maximum atomic E-state index is 12.6. The molecule has 1 aliphatic carbocycles. The summed E-state index contributed by atoms with van der Waals surface area (Å²) in [5, 5.41) is 12.0. The summed E-state index contributed by atoms with van der Waals surface area (Å²) >= 11 is 0. The number of aromatic carboxylic acids is 1. The van der Waals surface area contributed by atoms with Crippen LogP contribution in [0, 0.1) is 0 Å². The van der Waals surface area contributed by atoms with Gasteiger partial charge in [0.25, 0.3) is 0 Å². The molecule has 0 fully saturated rings. The molecule has 0 heterocycles. The van der Waals surface area contributed by atoms with Gasteiger partial charge in [-0.25, -0.2) is 9.59 Å². The molecule has 0 saturated heterocycles. The summed E-state index contributed by atoms with van der Waals surface area (Å²) in [5.41, 5.74) is 4.27. The second kappa shape index (κ2) is 8.39. The minimum Gasteiger partial charge on any atom is -0.497 e. The molecule has 31 heavy (non-hydrogen) atoms. The van der Waals surface area contributed by atoms with Crippen molar-refractivity contribution in [1.29, 1.82) is 0 Å². The Morgan fingerprint density at radius 3 is 2.10 bits per heavy atom. The maximum Gasteiger partial charge on any atom is 0.411 e. The van der Waals surface area contributed by atoms with Gasteiger partial charge in [0, 0.05) is 12.0 Å². The molecule has 7 nitrogen and oxygen atoms in total. The van der Waals surface area contributed by atoms with E-state index in [1.54, 1.807) is 0 Å². The van der Waals surface area contributed by atoms with Gasteiger partial charge in [0.1, 0.15) is 23.8 Å². The first-order valence-electron chi connectivity index (χ1n) is 9.64. The Balaban J connectivity index is 1.55.